The third-order valence-corrected chi connectivity index (χ3v) is 3.07. The summed E-state index contributed by atoms with van der Waals surface area (Å²) in [6.45, 7) is 8.91. The maximum atomic E-state index is 9.27. The molecule has 0 aliphatic carbocycles. The van der Waals surface area contributed by atoms with E-state index in [0.717, 1.165) is 6.42 Å². The van der Waals surface area contributed by atoms with E-state index >= 15 is 0 Å². The van der Waals surface area contributed by atoms with Crippen molar-refractivity contribution in [1.29, 1.82) is 0 Å². The van der Waals surface area contributed by atoms with E-state index in [0.29, 0.717) is 19.6 Å². The molecule has 2 N–H and O–H groups in total. The van der Waals surface area contributed by atoms with Crippen LogP contribution in [0, 0.1) is 5.41 Å². The summed E-state index contributed by atoms with van der Waals surface area (Å²) in [5, 5.41) is 18.5. The summed E-state index contributed by atoms with van der Waals surface area (Å²) in [7, 11) is 0. The Morgan fingerprint density at radius 2 is 1.65 bits per heavy atom. The molecule has 4 heteroatoms. The molecule has 1 atom stereocenters. The first kappa shape index (κ1) is 16.8. The van der Waals surface area contributed by atoms with Gasteiger partial charge in [-0.05, 0) is 33.6 Å². The van der Waals surface area contributed by atoms with Gasteiger partial charge in [0.1, 0.15) is 0 Å². The van der Waals surface area contributed by atoms with Gasteiger partial charge in [0.05, 0.1) is 32.0 Å². The SMILES string of the molecule is CCC(CO)(CO)COC(C)CCOC(C)C. The van der Waals surface area contributed by atoms with Gasteiger partial charge in [-0.25, -0.2) is 0 Å². The minimum Gasteiger partial charge on any atom is -0.396 e. The molecular weight excluding hydrogens is 220 g/mol. The fourth-order valence-electron chi connectivity index (χ4n) is 1.34. The highest BCUT2D eigenvalue weighted by molar-refractivity contribution is 4.76. The zero-order valence-electron chi connectivity index (χ0n) is 11.6. The van der Waals surface area contributed by atoms with Crippen LogP contribution in [-0.4, -0.2) is 48.8 Å². The van der Waals surface area contributed by atoms with Crippen molar-refractivity contribution in [2.45, 2.75) is 52.7 Å². The number of rotatable bonds is 10. The molecule has 0 aliphatic rings. The first-order valence-electron chi connectivity index (χ1n) is 6.44. The molecule has 0 saturated carbocycles. The topological polar surface area (TPSA) is 58.9 Å². The molecule has 0 aromatic carbocycles. The molecule has 0 fully saturated rings. The molecule has 0 aromatic heterocycles. The lowest BCUT2D eigenvalue weighted by atomic mass is 9.88. The molecule has 0 heterocycles. The van der Waals surface area contributed by atoms with E-state index in [1.54, 1.807) is 0 Å². The van der Waals surface area contributed by atoms with Crippen LogP contribution in [0.15, 0.2) is 0 Å². The molecule has 17 heavy (non-hydrogen) atoms. The molecule has 4 nitrogen and oxygen atoms in total. The molecule has 0 spiro atoms. The van der Waals surface area contributed by atoms with Gasteiger partial charge < -0.3 is 19.7 Å². The lowest BCUT2D eigenvalue weighted by Gasteiger charge is -2.29. The van der Waals surface area contributed by atoms with Crippen molar-refractivity contribution in [2.75, 3.05) is 26.4 Å². The Kier molecular flexibility index (Phi) is 8.78. The van der Waals surface area contributed by atoms with Crippen LogP contribution >= 0.6 is 0 Å². The van der Waals surface area contributed by atoms with Crippen molar-refractivity contribution >= 4 is 0 Å². The number of hydrogen-bond acceptors (Lipinski definition) is 4. The minimum absolute atomic E-state index is 0.0464. The average molecular weight is 248 g/mol. The Morgan fingerprint density at radius 3 is 2.06 bits per heavy atom. The number of ether oxygens (including phenoxy) is 2. The quantitative estimate of drug-likeness (QED) is 0.616. The van der Waals surface area contributed by atoms with Crippen LogP contribution < -0.4 is 0 Å². The van der Waals surface area contributed by atoms with E-state index in [-0.39, 0.29) is 25.4 Å². The molecule has 0 saturated heterocycles. The Balaban J connectivity index is 3.84. The summed E-state index contributed by atoms with van der Waals surface area (Å²) in [5.74, 6) is 0. The zero-order valence-corrected chi connectivity index (χ0v) is 11.6. The summed E-state index contributed by atoms with van der Waals surface area (Å²) in [4.78, 5) is 0. The molecular formula is C13H28O4. The molecule has 0 amide bonds. The number of hydrogen-bond donors (Lipinski definition) is 2. The second-order valence-corrected chi connectivity index (χ2v) is 5.00. The molecule has 0 radical (unpaired) electrons. The normalized spacial score (nSPS) is 14.3. The largest absolute Gasteiger partial charge is 0.396 e. The van der Waals surface area contributed by atoms with Crippen molar-refractivity contribution < 1.29 is 19.7 Å². The van der Waals surface area contributed by atoms with Crippen LogP contribution in [0.2, 0.25) is 0 Å². The Morgan fingerprint density at radius 1 is 1.06 bits per heavy atom. The summed E-state index contributed by atoms with van der Waals surface area (Å²) in [5.41, 5.74) is -0.507. The van der Waals surface area contributed by atoms with Crippen molar-refractivity contribution in [2.24, 2.45) is 5.41 Å². The van der Waals surface area contributed by atoms with Gasteiger partial charge in [-0.3, -0.25) is 0 Å². The van der Waals surface area contributed by atoms with Crippen LogP contribution in [0.25, 0.3) is 0 Å². The highest BCUT2D eigenvalue weighted by Crippen LogP contribution is 2.21. The Labute approximate surface area is 105 Å². The number of aliphatic hydroxyl groups excluding tert-OH is 2. The highest BCUT2D eigenvalue weighted by Gasteiger charge is 2.27. The average Bonchev–Trinajstić information content (AvgIpc) is 2.31. The van der Waals surface area contributed by atoms with Gasteiger partial charge in [0, 0.05) is 12.0 Å². The van der Waals surface area contributed by atoms with Crippen LogP contribution in [0.1, 0.15) is 40.5 Å². The van der Waals surface area contributed by atoms with Gasteiger partial charge in [-0.1, -0.05) is 6.92 Å². The molecule has 0 rings (SSSR count). The van der Waals surface area contributed by atoms with Crippen LogP contribution in [0.3, 0.4) is 0 Å². The molecule has 0 aliphatic heterocycles. The fourth-order valence-corrected chi connectivity index (χ4v) is 1.34. The third kappa shape index (κ3) is 6.99. The highest BCUT2D eigenvalue weighted by atomic mass is 16.5. The third-order valence-electron chi connectivity index (χ3n) is 3.07. The zero-order chi connectivity index (χ0) is 13.3. The van der Waals surface area contributed by atoms with Crippen molar-refractivity contribution in [3.05, 3.63) is 0 Å². The van der Waals surface area contributed by atoms with Crippen LogP contribution in [0.5, 0.6) is 0 Å². The predicted molar refractivity (Wildman–Crippen MR) is 68.0 cm³/mol. The summed E-state index contributed by atoms with van der Waals surface area (Å²) in [6.07, 6.45) is 1.86. The van der Waals surface area contributed by atoms with Gasteiger partial charge >= 0.3 is 0 Å². The summed E-state index contributed by atoms with van der Waals surface area (Å²) >= 11 is 0. The summed E-state index contributed by atoms with van der Waals surface area (Å²) < 4.78 is 11.1. The van der Waals surface area contributed by atoms with Gasteiger partial charge in [0.25, 0.3) is 0 Å². The van der Waals surface area contributed by atoms with Crippen molar-refractivity contribution in [3.63, 3.8) is 0 Å². The number of aliphatic hydroxyl groups is 2. The Bertz CT molecular complexity index is 170. The predicted octanol–water partition coefficient (Wildman–Crippen LogP) is 1.59. The van der Waals surface area contributed by atoms with E-state index in [1.165, 1.54) is 0 Å². The second-order valence-electron chi connectivity index (χ2n) is 5.00. The first-order chi connectivity index (χ1) is 7.99. The molecule has 0 bridgehead atoms. The molecule has 104 valence electrons. The van der Waals surface area contributed by atoms with Crippen molar-refractivity contribution in [3.8, 4) is 0 Å². The first-order valence-corrected chi connectivity index (χ1v) is 6.44. The van der Waals surface area contributed by atoms with Gasteiger partial charge in [-0.15, -0.1) is 0 Å². The lowest BCUT2D eigenvalue weighted by molar-refractivity contribution is -0.0626. The van der Waals surface area contributed by atoms with E-state index in [9.17, 15) is 10.2 Å². The van der Waals surface area contributed by atoms with Crippen LogP contribution in [0.4, 0.5) is 0 Å². The molecule has 0 aromatic rings. The van der Waals surface area contributed by atoms with E-state index in [2.05, 4.69) is 0 Å². The smallest absolute Gasteiger partial charge is 0.0570 e. The minimum atomic E-state index is -0.507. The fraction of sp³-hybridized carbons (Fsp3) is 1.00. The van der Waals surface area contributed by atoms with E-state index < -0.39 is 5.41 Å². The van der Waals surface area contributed by atoms with Crippen molar-refractivity contribution in [1.82, 2.24) is 0 Å². The monoisotopic (exact) mass is 248 g/mol. The van der Waals surface area contributed by atoms with E-state index in [4.69, 9.17) is 9.47 Å². The maximum absolute atomic E-state index is 9.27. The maximum Gasteiger partial charge on any atom is 0.0570 e. The summed E-state index contributed by atoms with van der Waals surface area (Å²) in [6, 6.07) is 0. The standard InChI is InChI=1S/C13H28O4/c1-5-13(8-14,9-15)10-17-12(4)6-7-16-11(2)3/h11-12,14-15H,5-10H2,1-4H3. The van der Waals surface area contributed by atoms with Gasteiger partial charge in [0.15, 0.2) is 0 Å². The Hall–Kier alpha value is -0.160. The second kappa shape index (κ2) is 8.86. The molecule has 1 unspecified atom stereocenters. The van der Waals surface area contributed by atoms with E-state index in [1.807, 2.05) is 27.7 Å². The van der Waals surface area contributed by atoms with Gasteiger partial charge in [0.2, 0.25) is 0 Å². The lowest BCUT2D eigenvalue weighted by Crippen LogP contribution is -2.35. The van der Waals surface area contributed by atoms with Crippen LogP contribution in [-0.2, 0) is 9.47 Å². The van der Waals surface area contributed by atoms with Gasteiger partial charge in [-0.2, -0.15) is 0 Å².